The molecule has 0 aliphatic carbocycles. The Balaban J connectivity index is 2.08. The molecule has 8 heteroatoms. The summed E-state index contributed by atoms with van der Waals surface area (Å²) >= 11 is 0. The van der Waals surface area contributed by atoms with Gasteiger partial charge in [0.2, 0.25) is 5.91 Å². The van der Waals surface area contributed by atoms with Gasteiger partial charge in [0.25, 0.3) is 11.5 Å². The minimum atomic E-state index is -0.559. The van der Waals surface area contributed by atoms with Gasteiger partial charge in [-0.3, -0.25) is 14.4 Å². The van der Waals surface area contributed by atoms with Crippen LogP contribution in [0.2, 0.25) is 0 Å². The zero-order chi connectivity index (χ0) is 15.9. The quantitative estimate of drug-likeness (QED) is 0.748. The second-order valence-electron chi connectivity index (χ2n) is 5.09. The monoisotopic (exact) mass is 308 g/mol. The standard InChI is InChI=1S/C14H20N4O4/c1-22-9-8-18-12(19)6-5-11(17-18)14(21)16-10-4-2-3-7-15-13(10)20/h5-6,10H,2-4,7-9H2,1H3,(H,15,20)(H,16,21)/t10-/m1/s1. The molecule has 0 radical (unpaired) electrons. The molecular weight excluding hydrogens is 288 g/mol. The first-order chi connectivity index (χ1) is 10.6. The molecule has 1 aromatic heterocycles. The molecule has 120 valence electrons. The fraction of sp³-hybridized carbons (Fsp3) is 0.571. The Morgan fingerprint density at radius 3 is 3.05 bits per heavy atom. The van der Waals surface area contributed by atoms with E-state index in [9.17, 15) is 14.4 Å². The van der Waals surface area contributed by atoms with Crippen LogP contribution < -0.4 is 16.2 Å². The fourth-order valence-electron chi connectivity index (χ4n) is 2.22. The van der Waals surface area contributed by atoms with Crippen LogP contribution in [0.4, 0.5) is 0 Å². The maximum absolute atomic E-state index is 12.2. The van der Waals surface area contributed by atoms with E-state index >= 15 is 0 Å². The van der Waals surface area contributed by atoms with Crippen molar-refractivity contribution in [3.63, 3.8) is 0 Å². The number of carbonyl (C=O) groups excluding carboxylic acids is 2. The molecule has 2 rings (SSSR count). The topological polar surface area (TPSA) is 102 Å². The third-order valence-corrected chi connectivity index (χ3v) is 3.45. The Labute approximate surface area is 127 Å². The number of rotatable bonds is 5. The first kappa shape index (κ1) is 16.2. The van der Waals surface area contributed by atoms with Gasteiger partial charge in [-0.1, -0.05) is 0 Å². The lowest BCUT2D eigenvalue weighted by molar-refractivity contribution is -0.122. The largest absolute Gasteiger partial charge is 0.383 e. The molecule has 0 unspecified atom stereocenters. The van der Waals surface area contributed by atoms with Crippen molar-refractivity contribution in [2.75, 3.05) is 20.3 Å². The van der Waals surface area contributed by atoms with E-state index in [0.29, 0.717) is 19.6 Å². The molecule has 8 nitrogen and oxygen atoms in total. The molecule has 1 aromatic rings. The molecule has 0 spiro atoms. The molecule has 1 saturated heterocycles. The van der Waals surface area contributed by atoms with Gasteiger partial charge in [0.05, 0.1) is 13.2 Å². The van der Waals surface area contributed by atoms with E-state index in [0.717, 1.165) is 12.8 Å². The van der Waals surface area contributed by atoms with Gasteiger partial charge in [-0.25, -0.2) is 4.68 Å². The van der Waals surface area contributed by atoms with Crippen molar-refractivity contribution >= 4 is 11.8 Å². The summed E-state index contributed by atoms with van der Waals surface area (Å²) in [6.45, 7) is 1.22. The number of carbonyl (C=O) groups is 2. The van der Waals surface area contributed by atoms with Crippen molar-refractivity contribution in [2.45, 2.75) is 31.8 Å². The van der Waals surface area contributed by atoms with Crippen molar-refractivity contribution in [3.05, 3.63) is 28.2 Å². The molecule has 0 aromatic carbocycles. The minimum absolute atomic E-state index is 0.104. The van der Waals surface area contributed by atoms with Crippen LogP contribution in [0.15, 0.2) is 16.9 Å². The highest BCUT2D eigenvalue weighted by Gasteiger charge is 2.23. The second-order valence-corrected chi connectivity index (χ2v) is 5.09. The van der Waals surface area contributed by atoms with E-state index in [1.165, 1.54) is 23.9 Å². The van der Waals surface area contributed by atoms with Gasteiger partial charge in [-0.15, -0.1) is 0 Å². The highest BCUT2D eigenvalue weighted by molar-refractivity contribution is 5.96. The summed E-state index contributed by atoms with van der Waals surface area (Å²) < 4.78 is 6.07. The Kier molecular flexibility index (Phi) is 5.65. The van der Waals surface area contributed by atoms with Crippen molar-refractivity contribution < 1.29 is 14.3 Å². The Morgan fingerprint density at radius 1 is 1.45 bits per heavy atom. The number of aromatic nitrogens is 2. The summed E-state index contributed by atoms with van der Waals surface area (Å²) in [6.07, 6.45) is 2.36. The molecule has 0 bridgehead atoms. The van der Waals surface area contributed by atoms with Gasteiger partial charge in [0.15, 0.2) is 0 Å². The van der Waals surface area contributed by atoms with Crippen LogP contribution in [0.3, 0.4) is 0 Å². The predicted molar refractivity (Wildman–Crippen MR) is 78.5 cm³/mol. The number of hydrogen-bond donors (Lipinski definition) is 2. The van der Waals surface area contributed by atoms with Gasteiger partial charge in [0.1, 0.15) is 11.7 Å². The van der Waals surface area contributed by atoms with E-state index in [4.69, 9.17) is 4.74 Å². The summed E-state index contributed by atoms with van der Waals surface area (Å²) in [5.41, 5.74) is -0.200. The number of amides is 2. The van der Waals surface area contributed by atoms with E-state index in [1.807, 2.05) is 0 Å². The SMILES string of the molecule is COCCn1nc(C(=O)N[C@@H]2CCCCNC2=O)ccc1=O. The Hall–Kier alpha value is -2.22. The minimum Gasteiger partial charge on any atom is -0.383 e. The van der Waals surface area contributed by atoms with Crippen LogP contribution in [0.5, 0.6) is 0 Å². The normalized spacial score (nSPS) is 18.4. The second kappa shape index (κ2) is 7.69. The molecule has 0 saturated carbocycles. The molecule has 22 heavy (non-hydrogen) atoms. The van der Waals surface area contributed by atoms with Crippen molar-refractivity contribution in [1.82, 2.24) is 20.4 Å². The first-order valence-corrected chi connectivity index (χ1v) is 7.27. The lowest BCUT2D eigenvalue weighted by Crippen LogP contribution is -2.46. The fourth-order valence-corrected chi connectivity index (χ4v) is 2.22. The Bertz CT molecular complexity index is 599. The zero-order valence-electron chi connectivity index (χ0n) is 12.5. The van der Waals surface area contributed by atoms with Crippen LogP contribution in [-0.4, -0.2) is 47.9 Å². The smallest absolute Gasteiger partial charge is 0.272 e. The lowest BCUT2D eigenvalue weighted by Gasteiger charge is -2.15. The van der Waals surface area contributed by atoms with E-state index in [2.05, 4.69) is 15.7 Å². The van der Waals surface area contributed by atoms with Crippen molar-refractivity contribution in [2.24, 2.45) is 0 Å². The number of methoxy groups -OCH3 is 1. The maximum atomic E-state index is 12.2. The summed E-state index contributed by atoms with van der Waals surface area (Å²) in [7, 11) is 1.52. The molecule has 2 heterocycles. The van der Waals surface area contributed by atoms with Gasteiger partial charge in [-0.05, 0) is 25.3 Å². The van der Waals surface area contributed by atoms with Gasteiger partial charge < -0.3 is 15.4 Å². The highest BCUT2D eigenvalue weighted by atomic mass is 16.5. The van der Waals surface area contributed by atoms with Crippen LogP contribution in [-0.2, 0) is 16.1 Å². The lowest BCUT2D eigenvalue weighted by atomic mass is 10.1. The molecule has 1 aliphatic heterocycles. The van der Waals surface area contributed by atoms with E-state index < -0.39 is 11.9 Å². The number of hydrogen-bond acceptors (Lipinski definition) is 5. The van der Waals surface area contributed by atoms with Crippen LogP contribution >= 0.6 is 0 Å². The number of ether oxygens (including phenoxy) is 1. The molecular formula is C14H20N4O4. The van der Waals surface area contributed by atoms with Crippen molar-refractivity contribution in [3.8, 4) is 0 Å². The molecule has 1 atom stereocenters. The van der Waals surface area contributed by atoms with Gasteiger partial charge >= 0.3 is 0 Å². The molecule has 2 N–H and O–H groups in total. The summed E-state index contributed by atoms with van der Waals surface area (Å²) in [5, 5.41) is 9.43. The highest BCUT2D eigenvalue weighted by Crippen LogP contribution is 2.06. The molecule has 1 fully saturated rings. The van der Waals surface area contributed by atoms with E-state index in [-0.39, 0.29) is 23.7 Å². The van der Waals surface area contributed by atoms with Crippen LogP contribution in [0.1, 0.15) is 29.8 Å². The van der Waals surface area contributed by atoms with Gasteiger partial charge in [0, 0.05) is 19.7 Å². The average molecular weight is 308 g/mol. The summed E-state index contributed by atoms with van der Waals surface area (Å²) in [6, 6.07) is 2.08. The van der Waals surface area contributed by atoms with Gasteiger partial charge in [-0.2, -0.15) is 5.10 Å². The maximum Gasteiger partial charge on any atom is 0.272 e. The van der Waals surface area contributed by atoms with Crippen molar-refractivity contribution in [1.29, 1.82) is 0 Å². The third-order valence-electron chi connectivity index (χ3n) is 3.45. The Morgan fingerprint density at radius 2 is 2.27 bits per heavy atom. The predicted octanol–water partition coefficient (Wildman–Crippen LogP) is -0.712. The average Bonchev–Trinajstić information content (AvgIpc) is 2.71. The molecule has 1 aliphatic rings. The first-order valence-electron chi connectivity index (χ1n) is 7.27. The van der Waals surface area contributed by atoms with Crippen LogP contribution in [0.25, 0.3) is 0 Å². The van der Waals surface area contributed by atoms with Crippen LogP contribution in [0, 0.1) is 0 Å². The third kappa shape index (κ3) is 4.14. The van der Waals surface area contributed by atoms with E-state index in [1.54, 1.807) is 0 Å². The molecule has 2 amide bonds. The summed E-state index contributed by atoms with van der Waals surface area (Å²) in [4.78, 5) is 35.7. The number of nitrogens with zero attached hydrogens (tertiary/aromatic N) is 2. The zero-order valence-corrected chi connectivity index (χ0v) is 12.5. The number of nitrogens with one attached hydrogen (secondary N) is 2. The summed E-state index contributed by atoms with van der Waals surface area (Å²) in [5.74, 6) is -0.647.